The zero-order valence-electron chi connectivity index (χ0n) is 15.8. The van der Waals surface area contributed by atoms with Crippen molar-refractivity contribution < 1.29 is 9.59 Å². The van der Waals surface area contributed by atoms with Gasteiger partial charge in [0.25, 0.3) is 0 Å². The fraction of sp³-hybridized carbons (Fsp3) is 0.333. The van der Waals surface area contributed by atoms with Crippen molar-refractivity contribution in [3.63, 3.8) is 0 Å². The summed E-state index contributed by atoms with van der Waals surface area (Å²) in [7, 11) is 0. The number of carbonyl (C=O) groups excluding carboxylic acids is 2. The number of hydrogen-bond donors (Lipinski definition) is 1. The summed E-state index contributed by atoms with van der Waals surface area (Å²) >= 11 is 12.3. The molecule has 3 rings (SSSR count). The van der Waals surface area contributed by atoms with Crippen LogP contribution in [0.2, 0.25) is 10.0 Å². The summed E-state index contributed by atoms with van der Waals surface area (Å²) in [5.74, 6) is 0.0896. The molecule has 0 atom stereocenters. The van der Waals surface area contributed by atoms with Crippen LogP contribution in [0.4, 0.5) is 4.79 Å². The monoisotopic (exact) mass is 419 g/mol. The average molecular weight is 420 g/mol. The number of nitrogens with one attached hydrogen (secondary N) is 1. The van der Waals surface area contributed by atoms with Crippen LogP contribution in [0.15, 0.2) is 42.5 Å². The predicted molar refractivity (Wildman–Crippen MR) is 112 cm³/mol. The molecule has 2 aromatic rings. The minimum absolute atomic E-state index is 0.0896. The molecule has 1 aliphatic heterocycles. The smallest absolute Gasteiger partial charge is 0.317 e. The van der Waals surface area contributed by atoms with Crippen molar-refractivity contribution in [3.8, 4) is 0 Å². The summed E-state index contributed by atoms with van der Waals surface area (Å²) in [5, 5.41) is 3.91. The predicted octanol–water partition coefficient (Wildman–Crippen LogP) is 3.90. The second-order valence-corrected chi connectivity index (χ2v) is 7.70. The largest absolute Gasteiger partial charge is 0.339 e. The van der Waals surface area contributed by atoms with Crippen LogP contribution in [0, 0.1) is 6.92 Å². The van der Waals surface area contributed by atoms with Gasteiger partial charge in [0.1, 0.15) is 0 Å². The summed E-state index contributed by atoms with van der Waals surface area (Å²) in [6.07, 6.45) is 0.386. The van der Waals surface area contributed by atoms with Gasteiger partial charge in [0.15, 0.2) is 0 Å². The first kappa shape index (κ1) is 20.5. The van der Waals surface area contributed by atoms with Crippen LogP contribution in [0.25, 0.3) is 0 Å². The Balaban J connectivity index is 1.47. The maximum atomic E-state index is 12.5. The van der Waals surface area contributed by atoms with Crippen molar-refractivity contribution in [3.05, 3.63) is 69.2 Å². The number of urea groups is 1. The third-order valence-electron chi connectivity index (χ3n) is 4.87. The molecule has 0 bridgehead atoms. The van der Waals surface area contributed by atoms with E-state index in [9.17, 15) is 9.59 Å². The number of piperazine rings is 1. The highest BCUT2D eigenvalue weighted by molar-refractivity contribution is 6.36. The van der Waals surface area contributed by atoms with Gasteiger partial charge in [0.05, 0.1) is 6.42 Å². The number of benzene rings is 2. The molecule has 28 heavy (non-hydrogen) atoms. The van der Waals surface area contributed by atoms with Gasteiger partial charge in [-0.05, 0) is 24.6 Å². The first-order valence-corrected chi connectivity index (χ1v) is 9.98. The van der Waals surface area contributed by atoms with E-state index in [2.05, 4.69) is 5.32 Å². The van der Waals surface area contributed by atoms with E-state index >= 15 is 0 Å². The molecule has 1 heterocycles. The van der Waals surface area contributed by atoms with Crippen molar-refractivity contribution in [2.24, 2.45) is 0 Å². The van der Waals surface area contributed by atoms with Gasteiger partial charge < -0.3 is 15.1 Å². The summed E-state index contributed by atoms with van der Waals surface area (Å²) in [5.41, 5.74) is 2.88. The molecule has 0 spiro atoms. The number of aryl methyl sites for hydroxylation is 1. The fourth-order valence-corrected chi connectivity index (χ4v) is 3.66. The average Bonchev–Trinajstić information content (AvgIpc) is 2.69. The van der Waals surface area contributed by atoms with Crippen LogP contribution in [-0.4, -0.2) is 47.9 Å². The molecule has 2 aromatic carbocycles. The van der Waals surface area contributed by atoms with Gasteiger partial charge in [-0.15, -0.1) is 0 Å². The van der Waals surface area contributed by atoms with Gasteiger partial charge in [-0.1, -0.05) is 59.1 Å². The molecule has 0 aromatic heterocycles. The normalized spacial score (nSPS) is 14.1. The maximum Gasteiger partial charge on any atom is 0.317 e. The van der Waals surface area contributed by atoms with Gasteiger partial charge in [0.2, 0.25) is 5.91 Å². The highest BCUT2D eigenvalue weighted by atomic mass is 35.5. The lowest BCUT2D eigenvalue weighted by Gasteiger charge is -2.34. The number of halogens is 2. The molecule has 7 heteroatoms. The summed E-state index contributed by atoms with van der Waals surface area (Å²) < 4.78 is 0. The molecule has 1 saturated heterocycles. The quantitative estimate of drug-likeness (QED) is 0.816. The molecular weight excluding hydrogens is 397 g/mol. The SMILES string of the molecule is Cc1ccc(CC(=O)N2CCN(C(=O)NCc3c(Cl)cccc3Cl)CC2)cc1. The highest BCUT2D eigenvalue weighted by Crippen LogP contribution is 2.24. The van der Waals surface area contributed by atoms with Crippen molar-refractivity contribution in [1.29, 1.82) is 0 Å². The van der Waals surface area contributed by atoms with E-state index in [1.807, 2.05) is 36.1 Å². The number of nitrogens with zero attached hydrogens (tertiary/aromatic N) is 2. The molecule has 5 nitrogen and oxygen atoms in total. The molecule has 1 N–H and O–H groups in total. The Morgan fingerprint density at radius 2 is 1.50 bits per heavy atom. The Morgan fingerprint density at radius 3 is 2.11 bits per heavy atom. The molecule has 1 fully saturated rings. The van der Waals surface area contributed by atoms with Crippen molar-refractivity contribution in [2.45, 2.75) is 19.9 Å². The number of hydrogen-bond acceptors (Lipinski definition) is 2. The number of rotatable bonds is 4. The van der Waals surface area contributed by atoms with Crippen LogP contribution in [0.1, 0.15) is 16.7 Å². The van der Waals surface area contributed by atoms with Crippen molar-refractivity contribution in [2.75, 3.05) is 26.2 Å². The molecule has 3 amide bonds. The van der Waals surface area contributed by atoms with Gasteiger partial charge in [-0.2, -0.15) is 0 Å². The van der Waals surface area contributed by atoms with Crippen molar-refractivity contribution in [1.82, 2.24) is 15.1 Å². The standard InChI is InChI=1S/C21H23Cl2N3O2/c1-15-5-7-16(8-6-15)13-20(27)25-9-11-26(12-10-25)21(28)24-14-17-18(22)3-2-4-19(17)23/h2-8H,9-14H2,1H3,(H,24,28). The molecule has 0 aliphatic carbocycles. The minimum Gasteiger partial charge on any atom is -0.339 e. The summed E-state index contributed by atoms with van der Waals surface area (Å²) in [6, 6.07) is 13.1. The van der Waals surface area contributed by atoms with Crippen molar-refractivity contribution >= 4 is 35.1 Å². The van der Waals surface area contributed by atoms with Gasteiger partial charge in [-0.25, -0.2) is 4.79 Å². The van der Waals surface area contributed by atoms with E-state index in [4.69, 9.17) is 23.2 Å². The van der Waals surface area contributed by atoms with Gasteiger partial charge in [0, 0.05) is 48.3 Å². The Labute approximate surface area is 175 Å². The zero-order chi connectivity index (χ0) is 20.1. The number of amides is 3. The third-order valence-corrected chi connectivity index (χ3v) is 5.58. The Bertz CT molecular complexity index is 827. The molecular formula is C21H23Cl2N3O2. The highest BCUT2D eigenvalue weighted by Gasteiger charge is 2.24. The molecule has 0 radical (unpaired) electrons. The van der Waals surface area contributed by atoms with Crippen LogP contribution in [-0.2, 0) is 17.8 Å². The summed E-state index contributed by atoms with van der Waals surface area (Å²) in [4.78, 5) is 28.4. The molecule has 0 unspecified atom stereocenters. The van der Waals surface area contributed by atoms with E-state index in [1.54, 1.807) is 23.1 Å². The van der Waals surface area contributed by atoms with Gasteiger partial charge >= 0.3 is 6.03 Å². The van der Waals surface area contributed by atoms with Crippen LogP contribution >= 0.6 is 23.2 Å². The number of carbonyl (C=O) groups is 2. The summed E-state index contributed by atoms with van der Waals surface area (Å²) in [6.45, 7) is 4.36. The van der Waals surface area contributed by atoms with Gasteiger partial charge in [-0.3, -0.25) is 4.79 Å². The lowest BCUT2D eigenvalue weighted by molar-refractivity contribution is -0.131. The lowest BCUT2D eigenvalue weighted by atomic mass is 10.1. The zero-order valence-corrected chi connectivity index (χ0v) is 17.3. The van der Waals surface area contributed by atoms with E-state index in [1.165, 1.54) is 5.56 Å². The van der Waals surface area contributed by atoms with E-state index < -0.39 is 0 Å². The lowest BCUT2D eigenvalue weighted by Crippen LogP contribution is -2.53. The topological polar surface area (TPSA) is 52.7 Å². The Kier molecular flexibility index (Phi) is 6.81. The Hall–Kier alpha value is -2.24. The first-order chi connectivity index (χ1) is 13.4. The van der Waals surface area contributed by atoms with E-state index in [0.29, 0.717) is 48.2 Å². The first-order valence-electron chi connectivity index (χ1n) is 9.23. The van der Waals surface area contributed by atoms with Crippen LogP contribution in [0.3, 0.4) is 0 Å². The second kappa shape index (κ2) is 9.30. The fourth-order valence-electron chi connectivity index (χ4n) is 3.13. The van der Waals surface area contributed by atoms with Crippen LogP contribution < -0.4 is 5.32 Å². The maximum absolute atomic E-state index is 12.5. The molecule has 0 saturated carbocycles. The second-order valence-electron chi connectivity index (χ2n) is 6.89. The third kappa shape index (κ3) is 5.18. The molecule has 1 aliphatic rings. The van der Waals surface area contributed by atoms with Crippen LogP contribution in [0.5, 0.6) is 0 Å². The molecule has 148 valence electrons. The minimum atomic E-state index is -0.179. The van der Waals surface area contributed by atoms with E-state index in [-0.39, 0.29) is 18.5 Å². The Morgan fingerprint density at radius 1 is 0.929 bits per heavy atom. The van der Waals surface area contributed by atoms with E-state index in [0.717, 1.165) is 5.56 Å².